The second-order valence-electron chi connectivity index (χ2n) is 14.4. The largest absolute Gasteiger partial charge is 0.396 e. The maximum atomic E-state index is 14.1. The number of ketones is 1. The molecule has 4 saturated carbocycles. The number of hydrogen-bond acceptors (Lipinski definition) is 3. The van der Waals surface area contributed by atoms with Crippen LogP contribution < -0.4 is 0 Å². The number of carbonyl (C=O) groups excluding carboxylic acids is 1. The summed E-state index contributed by atoms with van der Waals surface area (Å²) in [6, 6.07) is 0. The lowest BCUT2D eigenvalue weighted by molar-refractivity contribution is -0.188. The number of aliphatic hydroxyl groups is 2. The van der Waals surface area contributed by atoms with Crippen LogP contribution in [0.25, 0.3) is 0 Å². The molecule has 180 valence electrons. The summed E-state index contributed by atoms with van der Waals surface area (Å²) >= 11 is 0. The van der Waals surface area contributed by atoms with Crippen LogP contribution in [0.2, 0.25) is 0 Å². The van der Waals surface area contributed by atoms with Gasteiger partial charge in [0.05, 0.1) is 6.10 Å². The van der Waals surface area contributed by atoms with Crippen LogP contribution in [0.1, 0.15) is 99.3 Å². The molecule has 0 aromatic heterocycles. The van der Waals surface area contributed by atoms with Gasteiger partial charge < -0.3 is 10.2 Å². The van der Waals surface area contributed by atoms with Crippen molar-refractivity contribution in [1.29, 1.82) is 0 Å². The standard InChI is InChI=1S/C29H46O3/c1-25(2)22-8-11-28(5)19-7-10-27(4)14-13-26(3,17-30)16-20(27)18(19)15-21(31)24(28)29(22,6)12-9-23(25)32/h15,19-20,22-24,30,32H,7-14,16-17H2,1-6H3/t19?,20?,22?,23?,24?,26-,27?,28?,29?/m0/s1. The number of fused-ring (bicyclic) bond motifs is 7. The molecule has 0 saturated heterocycles. The summed E-state index contributed by atoms with van der Waals surface area (Å²) in [4.78, 5) is 14.1. The molecule has 0 bridgehead atoms. The molecule has 2 N–H and O–H groups in total. The lowest BCUT2D eigenvalue weighted by atomic mass is 9.37. The summed E-state index contributed by atoms with van der Waals surface area (Å²) in [6.45, 7) is 14.3. The molecule has 3 nitrogen and oxygen atoms in total. The predicted molar refractivity (Wildman–Crippen MR) is 128 cm³/mol. The van der Waals surface area contributed by atoms with Crippen LogP contribution in [-0.4, -0.2) is 28.7 Å². The van der Waals surface area contributed by atoms with E-state index in [1.165, 1.54) is 24.8 Å². The highest BCUT2D eigenvalue weighted by Gasteiger charge is 2.66. The highest BCUT2D eigenvalue weighted by molar-refractivity contribution is 5.95. The third-order valence-electron chi connectivity index (χ3n) is 12.2. The van der Waals surface area contributed by atoms with Crippen molar-refractivity contribution in [2.45, 2.75) is 105 Å². The summed E-state index contributed by atoms with van der Waals surface area (Å²) in [7, 11) is 0. The van der Waals surface area contributed by atoms with Crippen molar-refractivity contribution in [3.05, 3.63) is 11.6 Å². The van der Waals surface area contributed by atoms with Crippen LogP contribution in [0.4, 0.5) is 0 Å². The van der Waals surface area contributed by atoms with Gasteiger partial charge in [-0.3, -0.25) is 4.79 Å². The molecule has 0 spiro atoms. The Balaban J connectivity index is 1.57. The molecule has 5 aliphatic rings. The highest BCUT2D eigenvalue weighted by atomic mass is 16.3. The van der Waals surface area contributed by atoms with Gasteiger partial charge in [0.15, 0.2) is 5.78 Å². The fraction of sp³-hybridized carbons (Fsp3) is 0.897. The quantitative estimate of drug-likeness (QED) is 0.529. The fourth-order valence-corrected chi connectivity index (χ4v) is 10.1. The monoisotopic (exact) mass is 442 g/mol. The van der Waals surface area contributed by atoms with E-state index >= 15 is 0 Å². The minimum absolute atomic E-state index is 0.0130. The molecular formula is C29H46O3. The van der Waals surface area contributed by atoms with Gasteiger partial charge in [-0.05, 0) is 109 Å². The van der Waals surface area contributed by atoms with Gasteiger partial charge in [-0.1, -0.05) is 47.1 Å². The summed E-state index contributed by atoms with van der Waals surface area (Å²) in [6.07, 6.45) is 11.6. The van der Waals surface area contributed by atoms with Crippen molar-refractivity contribution in [3.63, 3.8) is 0 Å². The van der Waals surface area contributed by atoms with Gasteiger partial charge >= 0.3 is 0 Å². The molecule has 32 heavy (non-hydrogen) atoms. The first kappa shape index (κ1) is 23.1. The second kappa shape index (κ2) is 6.94. The molecule has 0 radical (unpaired) electrons. The Labute approximate surface area is 195 Å². The lowest BCUT2D eigenvalue weighted by Crippen LogP contribution is -2.64. The van der Waals surface area contributed by atoms with Crippen LogP contribution in [0.5, 0.6) is 0 Å². The van der Waals surface area contributed by atoms with Gasteiger partial charge in [0.2, 0.25) is 0 Å². The topological polar surface area (TPSA) is 57.5 Å². The fourth-order valence-electron chi connectivity index (χ4n) is 10.1. The Bertz CT molecular complexity index is 843. The highest BCUT2D eigenvalue weighted by Crippen LogP contribution is 2.71. The van der Waals surface area contributed by atoms with Crippen molar-refractivity contribution in [2.24, 2.45) is 50.7 Å². The van der Waals surface area contributed by atoms with E-state index in [1.807, 2.05) is 0 Å². The van der Waals surface area contributed by atoms with Crippen LogP contribution in [0.15, 0.2) is 11.6 Å². The average molecular weight is 443 g/mol. The Morgan fingerprint density at radius 1 is 0.875 bits per heavy atom. The number of carbonyl (C=O) groups is 1. The van der Waals surface area contributed by atoms with Gasteiger partial charge in [0, 0.05) is 12.5 Å². The van der Waals surface area contributed by atoms with Crippen molar-refractivity contribution < 1.29 is 15.0 Å². The first-order valence-electron chi connectivity index (χ1n) is 13.4. The molecular weight excluding hydrogens is 396 g/mol. The third-order valence-corrected chi connectivity index (χ3v) is 12.2. The van der Waals surface area contributed by atoms with E-state index in [0.29, 0.717) is 23.5 Å². The Morgan fingerprint density at radius 3 is 2.25 bits per heavy atom. The van der Waals surface area contributed by atoms with Crippen LogP contribution in [-0.2, 0) is 4.79 Å². The number of aliphatic hydroxyl groups excluding tert-OH is 2. The lowest BCUT2D eigenvalue weighted by Gasteiger charge is -2.67. The maximum absolute atomic E-state index is 14.1. The molecule has 8 unspecified atom stereocenters. The zero-order valence-corrected chi connectivity index (χ0v) is 21.3. The Hall–Kier alpha value is -0.670. The van der Waals surface area contributed by atoms with Gasteiger partial charge in [0.25, 0.3) is 0 Å². The molecule has 0 aromatic rings. The van der Waals surface area contributed by atoms with Crippen molar-refractivity contribution >= 4 is 5.78 Å². The predicted octanol–water partition coefficient (Wildman–Crippen LogP) is 5.93. The summed E-state index contributed by atoms with van der Waals surface area (Å²) in [5.74, 6) is 1.78. The number of rotatable bonds is 1. The van der Waals surface area contributed by atoms with Gasteiger partial charge in [0.1, 0.15) is 0 Å². The van der Waals surface area contributed by atoms with E-state index in [0.717, 1.165) is 38.5 Å². The number of hydrogen-bond donors (Lipinski definition) is 2. The third kappa shape index (κ3) is 2.88. The molecule has 0 heterocycles. The van der Waals surface area contributed by atoms with Crippen molar-refractivity contribution in [2.75, 3.05) is 6.61 Å². The molecule has 5 aliphatic carbocycles. The minimum Gasteiger partial charge on any atom is -0.396 e. The minimum atomic E-state index is -0.261. The zero-order chi connectivity index (χ0) is 23.3. The normalized spacial score (nSPS) is 54.6. The van der Waals surface area contributed by atoms with Crippen LogP contribution in [0, 0.1) is 50.7 Å². The SMILES string of the molecule is CC12CCC3C(=CC(=O)C4C3(C)CCC3C(C)(C)C(O)CCC34C)C1C[C@@](C)(CO)CC2. The van der Waals surface area contributed by atoms with Crippen molar-refractivity contribution in [3.8, 4) is 0 Å². The Kier molecular flexibility index (Phi) is 5.01. The zero-order valence-electron chi connectivity index (χ0n) is 21.3. The first-order chi connectivity index (χ1) is 14.8. The van der Waals surface area contributed by atoms with Gasteiger partial charge in [-0.2, -0.15) is 0 Å². The van der Waals surface area contributed by atoms with E-state index in [1.54, 1.807) is 0 Å². The molecule has 5 rings (SSSR count). The first-order valence-corrected chi connectivity index (χ1v) is 13.4. The molecule has 0 aromatic carbocycles. The molecule has 3 heteroatoms. The summed E-state index contributed by atoms with van der Waals surface area (Å²) < 4.78 is 0. The molecule has 0 aliphatic heterocycles. The maximum Gasteiger partial charge on any atom is 0.159 e. The van der Waals surface area contributed by atoms with Crippen LogP contribution in [0.3, 0.4) is 0 Å². The van der Waals surface area contributed by atoms with E-state index < -0.39 is 0 Å². The smallest absolute Gasteiger partial charge is 0.159 e. The molecule has 4 fully saturated rings. The Morgan fingerprint density at radius 2 is 1.56 bits per heavy atom. The second-order valence-corrected chi connectivity index (χ2v) is 14.4. The van der Waals surface area contributed by atoms with E-state index in [2.05, 4.69) is 47.6 Å². The van der Waals surface area contributed by atoms with Gasteiger partial charge in [-0.25, -0.2) is 0 Å². The number of allylic oxidation sites excluding steroid dienone is 2. The van der Waals surface area contributed by atoms with Crippen molar-refractivity contribution in [1.82, 2.24) is 0 Å². The molecule has 9 atom stereocenters. The van der Waals surface area contributed by atoms with Gasteiger partial charge in [-0.15, -0.1) is 0 Å². The van der Waals surface area contributed by atoms with Crippen LogP contribution >= 0.6 is 0 Å². The van der Waals surface area contributed by atoms with E-state index in [4.69, 9.17) is 0 Å². The average Bonchev–Trinajstić information content (AvgIpc) is 2.71. The summed E-state index contributed by atoms with van der Waals surface area (Å²) in [5, 5.41) is 21.0. The molecule has 0 amide bonds. The van der Waals surface area contributed by atoms with E-state index in [-0.39, 0.29) is 45.7 Å². The summed E-state index contributed by atoms with van der Waals surface area (Å²) in [5.41, 5.74) is 1.58. The van der Waals surface area contributed by atoms with E-state index in [9.17, 15) is 15.0 Å².